The van der Waals surface area contributed by atoms with E-state index in [1.54, 1.807) is 49.4 Å². The van der Waals surface area contributed by atoms with Gasteiger partial charge in [0.1, 0.15) is 12.3 Å². The summed E-state index contributed by atoms with van der Waals surface area (Å²) in [5, 5.41) is 2.85. The smallest absolute Gasteiger partial charge is 0.338 e. The molecule has 1 heterocycles. The molecule has 0 radical (unpaired) electrons. The molecule has 3 aromatic carbocycles. The number of benzene rings is 3. The minimum Gasteiger partial charge on any atom is -0.495 e. The summed E-state index contributed by atoms with van der Waals surface area (Å²) in [6, 6.07) is 17.7. The zero-order valence-electron chi connectivity index (χ0n) is 19.1. The van der Waals surface area contributed by atoms with Gasteiger partial charge in [-0.05, 0) is 61.9 Å². The fraction of sp³-hybridized carbons (Fsp3) is 0.192. The van der Waals surface area contributed by atoms with E-state index in [0.29, 0.717) is 28.3 Å². The third kappa shape index (κ3) is 4.77. The third-order valence-corrected chi connectivity index (χ3v) is 6.42. The van der Waals surface area contributed by atoms with Crippen LogP contribution in [0.4, 0.5) is 11.4 Å². The SMILES string of the molecule is CCOC(=O)c1ccc2c(c1)N(CC(=O)Nc1cc(C)ccc1OC)C(=O)c1ccccc1S2. The van der Waals surface area contributed by atoms with Crippen molar-refractivity contribution in [2.45, 2.75) is 23.6 Å². The normalized spacial score (nSPS) is 12.3. The van der Waals surface area contributed by atoms with Gasteiger partial charge < -0.3 is 14.8 Å². The first-order chi connectivity index (χ1) is 16.4. The molecular weight excluding hydrogens is 452 g/mol. The van der Waals surface area contributed by atoms with Crippen molar-refractivity contribution in [2.75, 3.05) is 30.5 Å². The molecule has 0 saturated heterocycles. The van der Waals surface area contributed by atoms with E-state index in [9.17, 15) is 14.4 Å². The zero-order chi connectivity index (χ0) is 24.2. The Kier molecular flexibility index (Phi) is 6.88. The number of nitrogens with zero attached hydrogens (tertiary/aromatic N) is 1. The highest BCUT2D eigenvalue weighted by atomic mass is 32.2. The van der Waals surface area contributed by atoms with Crippen LogP contribution in [0.3, 0.4) is 0 Å². The van der Waals surface area contributed by atoms with E-state index in [4.69, 9.17) is 9.47 Å². The van der Waals surface area contributed by atoms with Gasteiger partial charge in [-0.2, -0.15) is 0 Å². The number of carbonyl (C=O) groups excluding carboxylic acids is 3. The third-order valence-electron chi connectivity index (χ3n) is 5.27. The molecule has 1 N–H and O–H groups in total. The number of hydrogen-bond donors (Lipinski definition) is 1. The maximum absolute atomic E-state index is 13.6. The van der Waals surface area contributed by atoms with Crippen molar-refractivity contribution in [1.82, 2.24) is 0 Å². The average Bonchev–Trinajstić information content (AvgIpc) is 2.94. The summed E-state index contributed by atoms with van der Waals surface area (Å²) in [5.41, 5.74) is 2.75. The number of hydrogen-bond acceptors (Lipinski definition) is 6. The van der Waals surface area contributed by atoms with E-state index in [2.05, 4.69) is 5.32 Å². The predicted molar refractivity (Wildman–Crippen MR) is 131 cm³/mol. The fourth-order valence-electron chi connectivity index (χ4n) is 3.67. The molecule has 0 aromatic heterocycles. The first-order valence-corrected chi connectivity index (χ1v) is 11.6. The van der Waals surface area contributed by atoms with Gasteiger partial charge in [-0.15, -0.1) is 0 Å². The molecule has 7 nitrogen and oxygen atoms in total. The molecule has 0 spiro atoms. The van der Waals surface area contributed by atoms with Gasteiger partial charge in [0.15, 0.2) is 0 Å². The van der Waals surface area contributed by atoms with Crippen LogP contribution in [0, 0.1) is 6.92 Å². The highest BCUT2D eigenvalue weighted by Crippen LogP contribution is 2.41. The highest BCUT2D eigenvalue weighted by Gasteiger charge is 2.30. The van der Waals surface area contributed by atoms with Crippen LogP contribution in [0.25, 0.3) is 0 Å². The summed E-state index contributed by atoms with van der Waals surface area (Å²) in [6.45, 7) is 3.63. The van der Waals surface area contributed by atoms with Gasteiger partial charge in [0.2, 0.25) is 5.91 Å². The van der Waals surface area contributed by atoms with Gasteiger partial charge >= 0.3 is 5.97 Å². The lowest BCUT2D eigenvalue weighted by Crippen LogP contribution is -2.38. The summed E-state index contributed by atoms with van der Waals surface area (Å²) in [6.07, 6.45) is 0. The Morgan fingerprint density at radius 1 is 1.03 bits per heavy atom. The molecule has 8 heteroatoms. The van der Waals surface area contributed by atoms with Crippen molar-refractivity contribution in [2.24, 2.45) is 0 Å². The van der Waals surface area contributed by atoms with Crippen LogP contribution >= 0.6 is 11.8 Å². The maximum Gasteiger partial charge on any atom is 0.338 e. The Morgan fingerprint density at radius 3 is 2.59 bits per heavy atom. The zero-order valence-corrected chi connectivity index (χ0v) is 19.9. The lowest BCUT2D eigenvalue weighted by Gasteiger charge is -2.23. The van der Waals surface area contributed by atoms with Crippen molar-refractivity contribution >= 4 is 40.9 Å². The minimum absolute atomic E-state index is 0.236. The van der Waals surface area contributed by atoms with Gasteiger partial charge in [0.05, 0.1) is 36.2 Å². The second-order valence-corrected chi connectivity index (χ2v) is 8.73. The molecule has 0 atom stereocenters. The van der Waals surface area contributed by atoms with Crippen LogP contribution < -0.4 is 15.0 Å². The van der Waals surface area contributed by atoms with Crippen molar-refractivity contribution in [3.8, 4) is 5.75 Å². The molecule has 0 aliphatic carbocycles. The molecule has 34 heavy (non-hydrogen) atoms. The molecule has 3 aromatic rings. The maximum atomic E-state index is 13.6. The van der Waals surface area contributed by atoms with E-state index < -0.39 is 11.9 Å². The van der Waals surface area contributed by atoms with Crippen LogP contribution in [0.2, 0.25) is 0 Å². The number of nitrogens with one attached hydrogen (secondary N) is 1. The molecular formula is C26H24N2O5S. The lowest BCUT2D eigenvalue weighted by atomic mass is 10.1. The summed E-state index contributed by atoms with van der Waals surface area (Å²) in [4.78, 5) is 42.0. The van der Waals surface area contributed by atoms with E-state index in [0.717, 1.165) is 15.4 Å². The number of fused-ring (bicyclic) bond motifs is 2. The molecule has 1 aliphatic heterocycles. The van der Waals surface area contributed by atoms with Crippen molar-refractivity contribution in [3.63, 3.8) is 0 Å². The number of esters is 1. The summed E-state index contributed by atoms with van der Waals surface area (Å²) >= 11 is 1.42. The van der Waals surface area contributed by atoms with Gasteiger partial charge in [-0.3, -0.25) is 14.5 Å². The van der Waals surface area contributed by atoms with E-state index in [1.165, 1.54) is 23.8 Å². The second kappa shape index (κ2) is 10.0. The number of rotatable bonds is 6. The van der Waals surface area contributed by atoms with Gasteiger partial charge in [0.25, 0.3) is 5.91 Å². The average molecular weight is 477 g/mol. The van der Waals surface area contributed by atoms with Crippen LogP contribution in [0.15, 0.2) is 70.5 Å². The number of anilines is 2. The van der Waals surface area contributed by atoms with Crippen LogP contribution in [-0.2, 0) is 9.53 Å². The number of aryl methyl sites for hydroxylation is 1. The first-order valence-electron chi connectivity index (χ1n) is 10.8. The quantitative estimate of drug-likeness (QED) is 0.508. The van der Waals surface area contributed by atoms with Crippen molar-refractivity contribution < 1.29 is 23.9 Å². The van der Waals surface area contributed by atoms with Crippen LogP contribution in [-0.4, -0.2) is 38.0 Å². The molecule has 0 fully saturated rings. The van der Waals surface area contributed by atoms with Gasteiger partial charge in [-0.1, -0.05) is 30.0 Å². The largest absolute Gasteiger partial charge is 0.495 e. The fourth-order valence-corrected chi connectivity index (χ4v) is 4.73. The molecule has 0 bridgehead atoms. The lowest BCUT2D eigenvalue weighted by molar-refractivity contribution is -0.114. The Bertz CT molecular complexity index is 1270. The van der Waals surface area contributed by atoms with Gasteiger partial charge in [-0.25, -0.2) is 4.79 Å². The van der Waals surface area contributed by atoms with Gasteiger partial charge in [0, 0.05) is 9.79 Å². The monoisotopic (exact) mass is 476 g/mol. The van der Waals surface area contributed by atoms with E-state index >= 15 is 0 Å². The second-order valence-electron chi connectivity index (χ2n) is 7.64. The number of carbonyl (C=O) groups is 3. The molecule has 0 saturated carbocycles. The van der Waals surface area contributed by atoms with E-state index in [-0.39, 0.29) is 19.1 Å². The molecule has 1 aliphatic rings. The number of amides is 2. The Balaban J connectivity index is 1.72. The summed E-state index contributed by atoms with van der Waals surface area (Å²) in [5.74, 6) is -0.686. The van der Waals surface area contributed by atoms with E-state index in [1.807, 2.05) is 25.1 Å². The Hall–Kier alpha value is -3.78. The molecule has 0 unspecified atom stereocenters. The Morgan fingerprint density at radius 2 is 1.82 bits per heavy atom. The Labute approximate surface area is 202 Å². The highest BCUT2D eigenvalue weighted by molar-refractivity contribution is 7.99. The first kappa shape index (κ1) is 23.4. The predicted octanol–water partition coefficient (Wildman–Crippen LogP) is 4.93. The molecule has 174 valence electrons. The molecule has 2 amide bonds. The van der Waals surface area contributed by atoms with Crippen molar-refractivity contribution in [3.05, 3.63) is 77.4 Å². The summed E-state index contributed by atoms with van der Waals surface area (Å²) < 4.78 is 10.5. The van der Waals surface area contributed by atoms with Crippen LogP contribution in [0.5, 0.6) is 5.75 Å². The minimum atomic E-state index is -0.488. The van der Waals surface area contributed by atoms with Crippen LogP contribution in [0.1, 0.15) is 33.2 Å². The number of methoxy groups -OCH3 is 1. The van der Waals surface area contributed by atoms with Crippen molar-refractivity contribution in [1.29, 1.82) is 0 Å². The summed E-state index contributed by atoms with van der Waals surface area (Å²) in [7, 11) is 1.53. The number of ether oxygens (including phenoxy) is 2. The standard InChI is InChI=1S/C26H24N2O5S/c1-4-33-26(31)17-10-12-23-20(14-17)28(25(30)18-7-5-6-8-22(18)34-23)15-24(29)27-19-13-16(2)9-11-21(19)32-3/h5-14H,4,15H2,1-3H3,(H,27,29). The topological polar surface area (TPSA) is 84.9 Å². The molecule has 4 rings (SSSR count).